The van der Waals surface area contributed by atoms with Gasteiger partial charge >= 0.3 is 0 Å². The molecule has 0 aromatic heterocycles. The molecule has 1 aromatic carbocycles. The molecule has 0 aliphatic carbocycles. The van der Waals surface area contributed by atoms with Crippen LogP contribution in [0.3, 0.4) is 0 Å². The fraction of sp³-hybridized carbons (Fsp3) is 0.600. The van der Waals surface area contributed by atoms with Gasteiger partial charge in [-0.2, -0.15) is 0 Å². The molecule has 0 saturated carbocycles. The van der Waals surface area contributed by atoms with Gasteiger partial charge in [0.25, 0.3) is 0 Å². The van der Waals surface area contributed by atoms with E-state index in [2.05, 4.69) is 49.2 Å². The van der Waals surface area contributed by atoms with Crippen LogP contribution in [0.5, 0.6) is 0 Å². The third-order valence-electron chi connectivity index (χ3n) is 3.56. The normalized spacial score (nSPS) is 17.5. The number of hydrogen-bond acceptors (Lipinski definition) is 2. The van der Waals surface area contributed by atoms with Gasteiger partial charge in [-0.3, -0.25) is 0 Å². The van der Waals surface area contributed by atoms with Gasteiger partial charge in [0.2, 0.25) is 0 Å². The highest BCUT2D eigenvalue weighted by Crippen LogP contribution is 2.22. The topological polar surface area (TPSA) is 15.3 Å². The van der Waals surface area contributed by atoms with E-state index in [9.17, 15) is 0 Å². The first-order valence-corrected chi connectivity index (χ1v) is 6.75. The molecule has 1 saturated heterocycles. The number of hydrogen-bond donors (Lipinski definition) is 1. The largest absolute Gasteiger partial charge is 0.371 e. The van der Waals surface area contributed by atoms with Crippen molar-refractivity contribution in [3.05, 3.63) is 29.3 Å². The van der Waals surface area contributed by atoms with E-state index in [4.69, 9.17) is 0 Å². The maximum Gasteiger partial charge on any atom is 0.0371 e. The molecule has 2 nitrogen and oxygen atoms in total. The molecule has 0 amide bonds. The van der Waals surface area contributed by atoms with Crippen molar-refractivity contribution >= 4 is 5.69 Å². The van der Waals surface area contributed by atoms with Crippen molar-refractivity contribution in [2.45, 2.75) is 39.7 Å². The molecular formula is C15H24N2. The summed E-state index contributed by atoms with van der Waals surface area (Å²) in [5.74, 6) is 0. The second-order valence-electron chi connectivity index (χ2n) is 5.16. The minimum Gasteiger partial charge on any atom is -0.371 e. The molecule has 2 heteroatoms. The second-order valence-corrected chi connectivity index (χ2v) is 5.16. The molecule has 1 aromatic rings. The summed E-state index contributed by atoms with van der Waals surface area (Å²) in [6.07, 6.45) is 2.53. The van der Waals surface area contributed by atoms with Crippen LogP contribution >= 0.6 is 0 Å². The first-order valence-electron chi connectivity index (χ1n) is 6.75. The van der Waals surface area contributed by atoms with E-state index >= 15 is 0 Å². The van der Waals surface area contributed by atoms with Crippen LogP contribution in [0.4, 0.5) is 5.69 Å². The molecule has 0 atom stereocenters. The minimum absolute atomic E-state index is 0.724. The standard InChI is InChI=1S/C15H24N2/c1-4-16-14-5-7-17(8-6-14)15-10-12(2)9-13(3)11-15/h9-11,14,16H,4-8H2,1-3H3. The van der Waals surface area contributed by atoms with Crippen LogP contribution in [0.1, 0.15) is 30.9 Å². The van der Waals surface area contributed by atoms with Crippen molar-refractivity contribution in [2.24, 2.45) is 0 Å². The quantitative estimate of drug-likeness (QED) is 0.862. The number of nitrogens with one attached hydrogen (secondary N) is 1. The molecule has 0 radical (unpaired) electrons. The van der Waals surface area contributed by atoms with Crippen LogP contribution < -0.4 is 10.2 Å². The lowest BCUT2D eigenvalue weighted by atomic mass is 10.0. The summed E-state index contributed by atoms with van der Waals surface area (Å²) in [4.78, 5) is 2.52. The Kier molecular flexibility index (Phi) is 4.06. The van der Waals surface area contributed by atoms with Gasteiger partial charge in [0.05, 0.1) is 0 Å². The fourth-order valence-corrected chi connectivity index (χ4v) is 2.76. The molecule has 17 heavy (non-hydrogen) atoms. The van der Waals surface area contributed by atoms with Gasteiger partial charge in [-0.15, -0.1) is 0 Å². The lowest BCUT2D eigenvalue weighted by molar-refractivity contribution is 0.424. The Bertz CT molecular complexity index is 345. The molecule has 1 aliphatic rings. The average molecular weight is 232 g/mol. The highest BCUT2D eigenvalue weighted by Gasteiger charge is 2.18. The van der Waals surface area contributed by atoms with Crippen molar-refractivity contribution in [2.75, 3.05) is 24.5 Å². The molecule has 1 aliphatic heterocycles. The number of anilines is 1. The van der Waals surface area contributed by atoms with E-state index in [0.29, 0.717) is 0 Å². The third kappa shape index (κ3) is 3.22. The Labute approximate surface area is 105 Å². The third-order valence-corrected chi connectivity index (χ3v) is 3.56. The summed E-state index contributed by atoms with van der Waals surface area (Å²) in [6.45, 7) is 10.0. The first-order chi connectivity index (χ1) is 8.19. The smallest absolute Gasteiger partial charge is 0.0371 e. The lowest BCUT2D eigenvalue weighted by Gasteiger charge is -2.34. The lowest BCUT2D eigenvalue weighted by Crippen LogP contribution is -2.42. The molecule has 1 heterocycles. The maximum atomic E-state index is 3.55. The Hall–Kier alpha value is -1.02. The highest BCUT2D eigenvalue weighted by molar-refractivity contribution is 5.51. The van der Waals surface area contributed by atoms with Gasteiger partial charge in [-0.25, -0.2) is 0 Å². The Balaban J connectivity index is 2.00. The first kappa shape index (κ1) is 12.4. The van der Waals surface area contributed by atoms with E-state index in [0.717, 1.165) is 12.6 Å². The van der Waals surface area contributed by atoms with Crippen molar-refractivity contribution in [3.8, 4) is 0 Å². The predicted octanol–water partition coefficient (Wildman–Crippen LogP) is 2.88. The van der Waals surface area contributed by atoms with Gasteiger partial charge in [-0.05, 0) is 56.5 Å². The second kappa shape index (κ2) is 5.54. The van der Waals surface area contributed by atoms with Gasteiger partial charge in [-0.1, -0.05) is 13.0 Å². The molecule has 0 spiro atoms. The zero-order valence-electron chi connectivity index (χ0n) is 11.3. The molecule has 94 valence electrons. The van der Waals surface area contributed by atoms with E-state index in [-0.39, 0.29) is 0 Å². The minimum atomic E-state index is 0.724. The molecule has 1 N–H and O–H groups in total. The van der Waals surface area contributed by atoms with Crippen LogP contribution in [0, 0.1) is 13.8 Å². The summed E-state index contributed by atoms with van der Waals surface area (Å²) in [7, 11) is 0. The maximum absolute atomic E-state index is 3.55. The van der Waals surface area contributed by atoms with E-state index in [1.807, 2.05) is 0 Å². The monoisotopic (exact) mass is 232 g/mol. The van der Waals surface area contributed by atoms with Crippen LogP contribution in [-0.2, 0) is 0 Å². The molecule has 0 bridgehead atoms. The van der Waals surface area contributed by atoms with Crippen molar-refractivity contribution in [1.82, 2.24) is 5.32 Å². The molecule has 1 fully saturated rings. The summed E-state index contributed by atoms with van der Waals surface area (Å²) in [5, 5.41) is 3.55. The number of nitrogens with zero attached hydrogens (tertiary/aromatic N) is 1. The van der Waals surface area contributed by atoms with Crippen molar-refractivity contribution in [3.63, 3.8) is 0 Å². The predicted molar refractivity (Wildman–Crippen MR) is 74.8 cm³/mol. The SMILES string of the molecule is CCNC1CCN(c2cc(C)cc(C)c2)CC1. The number of aryl methyl sites for hydroxylation is 2. The summed E-state index contributed by atoms with van der Waals surface area (Å²) < 4.78 is 0. The zero-order valence-corrected chi connectivity index (χ0v) is 11.3. The zero-order chi connectivity index (χ0) is 12.3. The molecule has 0 unspecified atom stereocenters. The molecule has 2 rings (SSSR count). The highest BCUT2D eigenvalue weighted by atomic mass is 15.1. The van der Waals surface area contributed by atoms with Crippen LogP contribution in [0.15, 0.2) is 18.2 Å². The summed E-state index contributed by atoms with van der Waals surface area (Å²) >= 11 is 0. The number of piperidine rings is 1. The average Bonchev–Trinajstić information content (AvgIpc) is 2.29. The van der Waals surface area contributed by atoms with Gasteiger partial charge in [0, 0.05) is 24.8 Å². The Morgan fingerprint density at radius 1 is 1.12 bits per heavy atom. The van der Waals surface area contributed by atoms with Crippen LogP contribution in [0.25, 0.3) is 0 Å². The van der Waals surface area contributed by atoms with Crippen molar-refractivity contribution in [1.29, 1.82) is 0 Å². The summed E-state index contributed by atoms with van der Waals surface area (Å²) in [5.41, 5.74) is 4.14. The Morgan fingerprint density at radius 2 is 1.71 bits per heavy atom. The van der Waals surface area contributed by atoms with Crippen LogP contribution in [-0.4, -0.2) is 25.7 Å². The van der Waals surface area contributed by atoms with Gasteiger partial charge < -0.3 is 10.2 Å². The van der Waals surface area contributed by atoms with Gasteiger partial charge in [0.15, 0.2) is 0 Å². The van der Waals surface area contributed by atoms with Gasteiger partial charge in [0.1, 0.15) is 0 Å². The van der Waals surface area contributed by atoms with Crippen LogP contribution in [0.2, 0.25) is 0 Å². The number of rotatable bonds is 3. The summed E-state index contributed by atoms with van der Waals surface area (Å²) in [6, 6.07) is 7.58. The molecular weight excluding hydrogens is 208 g/mol. The van der Waals surface area contributed by atoms with E-state index < -0.39 is 0 Å². The van der Waals surface area contributed by atoms with E-state index in [1.54, 1.807) is 0 Å². The Morgan fingerprint density at radius 3 is 2.24 bits per heavy atom. The fourth-order valence-electron chi connectivity index (χ4n) is 2.76. The van der Waals surface area contributed by atoms with Crippen molar-refractivity contribution < 1.29 is 0 Å². The van der Waals surface area contributed by atoms with E-state index in [1.165, 1.54) is 42.7 Å². The number of benzene rings is 1.